The molecule has 138 valence electrons. The molecular formula is C19H20FNO5. The molecule has 2 aromatic rings. The first-order valence-corrected chi connectivity index (χ1v) is 8.20. The van der Waals surface area contributed by atoms with E-state index in [4.69, 9.17) is 19.3 Å². The molecule has 1 atom stereocenters. The van der Waals surface area contributed by atoms with E-state index in [1.807, 2.05) is 6.07 Å². The molecule has 1 amide bonds. The van der Waals surface area contributed by atoms with Gasteiger partial charge in [-0.1, -0.05) is 12.1 Å². The highest BCUT2D eigenvalue weighted by atomic mass is 19.1. The molecule has 0 spiro atoms. The number of hydrogen-bond donors (Lipinski definition) is 2. The quantitative estimate of drug-likeness (QED) is 0.824. The molecule has 0 aromatic heterocycles. The number of para-hydroxylation sites is 1. The molecule has 3 rings (SSSR count). The number of hydrogen-bond acceptors (Lipinski definition) is 4. The summed E-state index contributed by atoms with van der Waals surface area (Å²) in [6.07, 6.45) is -0.271. The average Bonchev–Trinajstić information content (AvgIpc) is 3.02. The van der Waals surface area contributed by atoms with Crippen LogP contribution in [0.5, 0.6) is 17.2 Å². The predicted molar refractivity (Wildman–Crippen MR) is 93.7 cm³/mol. The van der Waals surface area contributed by atoms with E-state index in [9.17, 15) is 9.18 Å². The Morgan fingerprint density at radius 2 is 2.12 bits per heavy atom. The van der Waals surface area contributed by atoms with Crippen LogP contribution < -0.4 is 19.5 Å². The number of amides is 1. The van der Waals surface area contributed by atoms with Crippen LogP contribution in [0.4, 0.5) is 9.18 Å². The fourth-order valence-electron chi connectivity index (χ4n) is 3.19. The molecule has 7 heteroatoms. The first kappa shape index (κ1) is 17.8. The van der Waals surface area contributed by atoms with Crippen LogP contribution in [0.1, 0.15) is 12.0 Å². The molecule has 1 aliphatic heterocycles. The van der Waals surface area contributed by atoms with Crippen molar-refractivity contribution < 1.29 is 28.5 Å². The third kappa shape index (κ3) is 3.51. The Bertz CT molecular complexity index is 824. The van der Waals surface area contributed by atoms with Crippen molar-refractivity contribution in [2.75, 3.05) is 20.8 Å². The van der Waals surface area contributed by atoms with E-state index < -0.39 is 6.09 Å². The number of rotatable bonds is 6. The van der Waals surface area contributed by atoms with Crippen LogP contribution in [0.25, 0.3) is 11.1 Å². The van der Waals surface area contributed by atoms with E-state index in [0.29, 0.717) is 41.2 Å². The largest absolute Gasteiger partial charge is 0.493 e. The van der Waals surface area contributed by atoms with E-state index in [0.717, 1.165) is 5.56 Å². The molecular weight excluding hydrogens is 341 g/mol. The second kappa shape index (κ2) is 7.51. The predicted octanol–water partition coefficient (Wildman–Crippen LogP) is 3.47. The molecule has 0 saturated carbocycles. The fraction of sp³-hybridized carbons (Fsp3) is 0.316. The minimum atomic E-state index is -1.08. The minimum Gasteiger partial charge on any atom is -0.493 e. The van der Waals surface area contributed by atoms with Gasteiger partial charge in [0.15, 0.2) is 11.5 Å². The van der Waals surface area contributed by atoms with E-state index in [1.165, 1.54) is 19.2 Å². The van der Waals surface area contributed by atoms with Gasteiger partial charge in [0.25, 0.3) is 0 Å². The monoisotopic (exact) mass is 361 g/mol. The van der Waals surface area contributed by atoms with Gasteiger partial charge in [-0.15, -0.1) is 0 Å². The first-order valence-electron chi connectivity index (χ1n) is 8.20. The number of halogens is 1. The molecule has 0 aliphatic carbocycles. The van der Waals surface area contributed by atoms with Gasteiger partial charge in [-0.3, -0.25) is 0 Å². The van der Waals surface area contributed by atoms with Crippen LogP contribution in [0.2, 0.25) is 0 Å². The van der Waals surface area contributed by atoms with Gasteiger partial charge in [0.05, 0.1) is 14.2 Å². The Morgan fingerprint density at radius 1 is 1.31 bits per heavy atom. The average molecular weight is 361 g/mol. The van der Waals surface area contributed by atoms with E-state index in [1.54, 1.807) is 19.2 Å². The zero-order chi connectivity index (χ0) is 18.7. The maximum absolute atomic E-state index is 14.2. The summed E-state index contributed by atoms with van der Waals surface area (Å²) in [5, 5.41) is 11.0. The van der Waals surface area contributed by atoms with Gasteiger partial charge in [0, 0.05) is 36.1 Å². The van der Waals surface area contributed by atoms with Gasteiger partial charge < -0.3 is 24.6 Å². The summed E-state index contributed by atoms with van der Waals surface area (Å²) in [4.78, 5) is 10.6. The van der Waals surface area contributed by atoms with Crippen molar-refractivity contribution in [1.29, 1.82) is 0 Å². The number of benzene rings is 2. The molecule has 0 fully saturated rings. The maximum Gasteiger partial charge on any atom is 0.404 e. The zero-order valence-corrected chi connectivity index (χ0v) is 14.5. The van der Waals surface area contributed by atoms with Gasteiger partial charge in [-0.05, 0) is 18.2 Å². The second-order valence-electron chi connectivity index (χ2n) is 5.95. The van der Waals surface area contributed by atoms with Crippen LogP contribution in [-0.4, -0.2) is 38.1 Å². The standard InChI is InChI=1S/C19H20FNO5/c1-24-16-5-3-4-14(18(16)25-2)15-10-12(20)8-11-9-13(26-17(11)15)6-7-21-19(22)23/h3-5,8,10,13,21H,6-7,9H2,1-2H3,(H,22,23). The summed E-state index contributed by atoms with van der Waals surface area (Å²) >= 11 is 0. The number of carbonyl (C=O) groups is 1. The zero-order valence-electron chi connectivity index (χ0n) is 14.5. The lowest BCUT2D eigenvalue weighted by Crippen LogP contribution is -2.26. The third-order valence-corrected chi connectivity index (χ3v) is 4.30. The molecule has 1 heterocycles. The molecule has 0 bridgehead atoms. The number of ether oxygens (including phenoxy) is 3. The number of carboxylic acid groups (broad SMARTS) is 1. The van der Waals surface area contributed by atoms with Crippen molar-refractivity contribution in [3.63, 3.8) is 0 Å². The van der Waals surface area contributed by atoms with Crippen molar-refractivity contribution in [3.8, 4) is 28.4 Å². The summed E-state index contributed by atoms with van der Waals surface area (Å²) in [5.74, 6) is 1.28. The summed E-state index contributed by atoms with van der Waals surface area (Å²) in [6, 6.07) is 8.25. The van der Waals surface area contributed by atoms with Gasteiger partial charge in [-0.25, -0.2) is 9.18 Å². The van der Waals surface area contributed by atoms with Crippen molar-refractivity contribution >= 4 is 6.09 Å². The molecule has 0 radical (unpaired) electrons. The molecule has 2 N–H and O–H groups in total. The minimum absolute atomic E-state index is 0.214. The number of methoxy groups -OCH3 is 2. The van der Waals surface area contributed by atoms with Crippen LogP contribution in [-0.2, 0) is 6.42 Å². The molecule has 26 heavy (non-hydrogen) atoms. The Kier molecular flexibility index (Phi) is 5.16. The van der Waals surface area contributed by atoms with Gasteiger partial charge >= 0.3 is 6.09 Å². The Balaban J connectivity index is 1.94. The van der Waals surface area contributed by atoms with E-state index >= 15 is 0 Å². The van der Waals surface area contributed by atoms with Crippen LogP contribution >= 0.6 is 0 Å². The number of fused-ring (bicyclic) bond motifs is 1. The normalized spacial score (nSPS) is 15.1. The smallest absolute Gasteiger partial charge is 0.404 e. The van der Waals surface area contributed by atoms with Gasteiger partial charge in [0.2, 0.25) is 0 Å². The lowest BCUT2D eigenvalue weighted by molar-refractivity contribution is 0.188. The topological polar surface area (TPSA) is 77.0 Å². The van der Waals surface area contributed by atoms with Crippen molar-refractivity contribution in [2.24, 2.45) is 0 Å². The van der Waals surface area contributed by atoms with E-state index in [-0.39, 0.29) is 18.5 Å². The van der Waals surface area contributed by atoms with Crippen molar-refractivity contribution in [1.82, 2.24) is 5.32 Å². The molecule has 6 nitrogen and oxygen atoms in total. The van der Waals surface area contributed by atoms with Crippen molar-refractivity contribution in [3.05, 3.63) is 41.7 Å². The summed E-state index contributed by atoms with van der Waals surface area (Å²) in [6.45, 7) is 0.272. The summed E-state index contributed by atoms with van der Waals surface area (Å²) in [7, 11) is 3.07. The summed E-state index contributed by atoms with van der Waals surface area (Å²) in [5.41, 5.74) is 2.02. The molecule has 0 saturated heterocycles. The maximum atomic E-state index is 14.2. The molecule has 1 aliphatic rings. The Hall–Kier alpha value is -2.96. The van der Waals surface area contributed by atoms with E-state index in [2.05, 4.69) is 5.32 Å². The molecule has 1 unspecified atom stereocenters. The van der Waals surface area contributed by atoms with Gasteiger partial charge in [0.1, 0.15) is 17.7 Å². The highest BCUT2D eigenvalue weighted by Crippen LogP contribution is 2.45. The van der Waals surface area contributed by atoms with Crippen molar-refractivity contribution in [2.45, 2.75) is 18.9 Å². The Morgan fingerprint density at radius 3 is 2.81 bits per heavy atom. The molecule has 2 aromatic carbocycles. The fourth-order valence-corrected chi connectivity index (χ4v) is 3.19. The first-order chi connectivity index (χ1) is 12.5. The second-order valence-corrected chi connectivity index (χ2v) is 5.95. The lowest BCUT2D eigenvalue weighted by Gasteiger charge is -2.16. The third-order valence-electron chi connectivity index (χ3n) is 4.30. The Labute approximate surface area is 150 Å². The van der Waals surface area contributed by atoms with Crippen LogP contribution in [0.3, 0.4) is 0 Å². The van der Waals surface area contributed by atoms with Crippen LogP contribution in [0, 0.1) is 5.82 Å². The SMILES string of the molecule is COc1cccc(-c2cc(F)cc3c2OC(CCNC(=O)O)C3)c1OC. The number of nitrogens with one attached hydrogen (secondary N) is 1. The van der Waals surface area contributed by atoms with Gasteiger partial charge in [-0.2, -0.15) is 0 Å². The highest BCUT2D eigenvalue weighted by molar-refractivity contribution is 5.80. The highest BCUT2D eigenvalue weighted by Gasteiger charge is 2.28. The lowest BCUT2D eigenvalue weighted by atomic mass is 9.98. The van der Waals surface area contributed by atoms with Crippen LogP contribution in [0.15, 0.2) is 30.3 Å². The summed E-state index contributed by atoms with van der Waals surface area (Å²) < 4.78 is 31.0.